The van der Waals surface area contributed by atoms with Crippen LogP contribution in [0.4, 0.5) is 0 Å². The lowest BCUT2D eigenvalue weighted by atomic mass is 9.96. The fourth-order valence-corrected chi connectivity index (χ4v) is 4.57. The molecule has 1 aromatic rings. The van der Waals surface area contributed by atoms with Crippen LogP contribution in [0, 0.1) is 0 Å². The molecule has 0 unspecified atom stereocenters. The molecule has 108 valence electrons. The third kappa shape index (κ3) is 3.26. The molecule has 19 heavy (non-hydrogen) atoms. The summed E-state index contributed by atoms with van der Waals surface area (Å²) in [6, 6.07) is 0.198. The van der Waals surface area contributed by atoms with Gasteiger partial charge in [-0.3, -0.25) is 0 Å². The Hall–Kier alpha value is -0.260. The summed E-state index contributed by atoms with van der Waals surface area (Å²) < 4.78 is 25.0. The SMILES string of the molecule is CCCc1nn(C2CCCCC2)c(Cl)c1S(=O)(=O)Cl. The van der Waals surface area contributed by atoms with Crippen LogP contribution in [0.2, 0.25) is 5.15 Å². The quantitative estimate of drug-likeness (QED) is 0.788. The highest BCUT2D eigenvalue weighted by molar-refractivity contribution is 8.13. The van der Waals surface area contributed by atoms with Crippen molar-refractivity contribution in [3.05, 3.63) is 10.8 Å². The zero-order valence-corrected chi connectivity index (χ0v) is 13.2. The van der Waals surface area contributed by atoms with Gasteiger partial charge in [0, 0.05) is 10.7 Å². The summed E-state index contributed by atoms with van der Waals surface area (Å²) in [7, 11) is 1.64. The minimum Gasteiger partial charge on any atom is -0.249 e. The van der Waals surface area contributed by atoms with E-state index in [1.165, 1.54) is 6.42 Å². The van der Waals surface area contributed by atoms with Crippen LogP contribution in [0.3, 0.4) is 0 Å². The van der Waals surface area contributed by atoms with E-state index in [-0.39, 0.29) is 16.1 Å². The lowest BCUT2D eigenvalue weighted by Crippen LogP contribution is -2.14. The Bertz CT molecular complexity index is 548. The molecule has 1 aromatic heterocycles. The third-order valence-corrected chi connectivity index (χ3v) is 5.38. The highest BCUT2D eigenvalue weighted by Crippen LogP contribution is 2.35. The fraction of sp³-hybridized carbons (Fsp3) is 0.750. The normalized spacial score (nSPS) is 17.8. The smallest absolute Gasteiger partial charge is 0.249 e. The van der Waals surface area contributed by atoms with E-state index in [1.54, 1.807) is 4.68 Å². The van der Waals surface area contributed by atoms with Crippen LogP contribution in [0.5, 0.6) is 0 Å². The predicted octanol–water partition coefficient (Wildman–Crippen LogP) is 3.92. The number of rotatable bonds is 4. The molecule has 1 aliphatic rings. The molecule has 0 bridgehead atoms. The van der Waals surface area contributed by atoms with Crippen molar-refractivity contribution in [2.24, 2.45) is 0 Å². The maximum Gasteiger partial charge on any atom is 0.266 e. The maximum absolute atomic E-state index is 11.7. The summed E-state index contributed by atoms with van der Waals surface area (Å²) in [5.74, 6) is 0. The van der Waals surface area contributed by atoms with Gasteiger partial charge in [-0.15, -0.1) is 0 Å². The molecule has 0 aliphatic heterocycles. The van der Waals surface area contributed by atoms with E-state index in [2.05, 4.69) is 5.10 Å². The molecule has 0 atom stereocenters. The second kappa shape index (κ2) is 6.02. The Kier molecular flexibility index (Phi) is 4.79. The first kappa shape index (κ1) is 15.1. The molecule has 4 nitrogen and oxygen atoms in total. The first-order valence-electron chi connectivity index (χ1n) is 6.66. The molecule has 0 N–H and O–H groups in total. The van der Waals surface area contributed by atoms with E-state index in [9.17, 15) is 8.42 Å². The van der Waals surface area contributed by atoms with Gasteiger partial charge in [0.1, 0.15) is 10.0 Å². The van der Waals surface area contributed by atoms with Crippen LogP contribution >= 0.6 is 22.3 Å². The zero-order chi connectivity index (χ0) is 14.0. The van der Waals surface area contributed by atoms with Crippen LogP contribution in [0.1, 0.15) is 57.2 Å². The Morgan fingerprint density at radius 1 is 1.32 bits per heavy atom. The van der Waals surface area contributed by atoms with Gasteiger partial charge in [0.05, 0.1) is 11.7 Å². The first-order chi connectivity index (χ1) is 8.95. The summed E-state index contributed by atoms with van der Waals surface area (Å²) in [6.07, 6.45) is 6.85. The molecule has 1 aliphatic carbocycles. The molecular weight excluding hydrogens is 307 g/mol. The van der Waals surface area contributed by atoms with Crippen LogP contribution in [0.15, 0.2) is 4.90 Å². The predicted molar refractivity (Wildman–Crippen MR) is 76.4 cm³/mol. The molecule has 0 aromatic carbocycles. The lowest BCUT2D eigenvalue weighted by molar-refractivity contribution is 0.328. The number of hydrogen-bond acceptors (Lipinski definition) is 3. The van der Waals surface area contributed by atoms with E-state index in [0.717, 1.165) is 32.1 Å². The number of aromatic nitrogens is 2. The van der Waals surface area contributed by atoms with Gasteiger partial charge in [-0.1, -0.05) is 44.2 Å². The topological polar surface area (TPSA) is 52.0 Å². The summed E-state index contributed by atoms with van der Waals surface area (Å²) in [5, 5.41) is 4.58. The van der Waals surface area contributed by atoms with E-state index >= 15 is 0 Å². The molecule has 0 spiro atoms. The Morgan fingerprint density at radius 2 is 1.95 bits per heavy atom. The van der Waals surface area contributed by atoms with Crippen molar-refractivity contribution >= 4 is 31.3 Å². The highest BCUT2D eigenvalue weighted by atomic mass is 35.7. The van der Waals surface area contributed by atoms with Crippen LogP contribution < -0.4 is 0 Å². The summed E-state index contributed by atoms with van der Waals surface area (Å²) in [5.41, 5.74) is 0.494. The highest BCUT2D eigenvalue weighted by Gasteiger charge is 2.29. The van der Waals surface area contributed by atoms with Gasteiger partial charge in [0.2, 0.25) is 0 Å². The van der Waals surface area contributed by atoms with Gasteiger partial charge in [-0.05, 0) is 19.3 Å². The fourth-order valence-electron chi connectivity index (χ4n) is 2.65. The van der Waals surface area contributed by atoms with Crippen LogP contribution in [-0.2, 0) is 15.5 Å². The Morgan fingerprint density at radius 3 is 2.47 bits per heavy atom. The number of hydrogen-bond donors (Lipinski definition) is 0. The lowest BCUT2D eigenvalue weighted by Gasteiger charge is -2.22. The van der Waals surface area contributed by atoms with E-state index < -0.39 is 9.05 Å². The average molecular weight is 325 g/mol. The molecule has 1 fully saturated rings. The van der Waals surface area contributed by atoms with Crippen molar-refractivity contribution in [1.82, 2.24) is 9.78 Å². The van der Waals surface area contributed by atoms with Crippen LogP contribution in [0.25, 0.3) is 0 Å². The van der Waals surface area contributed by atoms with Gasteiger partial charge in [-0.25, -0.2) is 13.1 Å². The standard InChI is InChI=1S/C12H18Cl2N2O2S/c1-2-6-10-11(19(14,17)18)12(13)16(15-10)9-7-4-3-5-8-9/h9H,2-8H2,1H3. The Labute approximate surface area is 123 Å². The minimum atomic E-state index is -3.85. The number of nitrogens with zero attached hydrogens (tertiary/aromatic N) is 2. The van der Waals surface area contributed by atoms with Gasteiger partial charge < -0.3 is 0 Å². The van der Waals surface area contributed by atoms with Gasteiger partial charge in [0.25, 0.3) is 9.05 Å². The molecule has 0 radical (unpaired) electrons. The van der Waals surface area contributed by atoms with Crippen molar-refractivity contribution in [1.29, 1.82) is 0 Å². The second-order valence-electron chi connectivity index (χ2n) is 4.99. The Balaban J connectivity index is 2.45. The molecule has 2 rings (SSSR count). The van der Waals surface area contributed by atoms with E-state index in [4.69, 9.17) is 22.3 Å². The summed E-state index contributed by atoms with van der Waals surface area (Å²) in [6.45, 7) is 1.97. The molecule has 1 saturated carbocycles. The van der Waals surface area contributed by atoms with Crippen molar-refractivity contribution in [3.63, 3.8) is 0 Å². The average Bonchev–Trinajstić information content (AvgIpc) is 2.67. The molecule has 0 saturated heterocycles. The molecule has 0 amide bonds. The molecule has 1 heterocycles. The van der Waals surface area contributed by atoms with Gasteiger partial charge in [0.15, 0.2) is 0 Å². The number of halogens is 2. The van der Waals surface area contributed by atoms with Gasteiger partial charge >= 0.3 is 0 Å². The van der Waals surface area contributed by atoms with Gasteiger partial charge in [-0.2, -0.15) is 5.10 Å². The van der Waals surface area contributed by atoms with Crippen LogP contribution in [-0.4, -0.2) is 18.2 Å². The summed E-state index contributed by atoms with van der Waals surface area (Å²) >= 11 is 6.22. The minimum absolute atomic E-state index is 0.00302. The summed E-state index contributed by atoms with van der Waals surface area (Å²) in [4.78, 5) is 0.00302. The first-order valence-corrected chi connectivity index (χ1v) is 9.35. The van der Waals surface area contributed by atoms with E-state index in [1.807, 2.05) is 6.92 Å². The maximum atomic E-state index is 11.7. The van der Waals surface area contributed by atoms with Crippen molar-refractivity contribution < 1.29 is 8.42 Å². The number of aryl methyl sites for hydroxylation is 1. The van der Waals surface area contributed by atoms with E-state index in [0.29, 0.717) is 12.1 Å². The molecular formula is C12H18Cl2N2O2S. The van der Waals surface area contributed by atoms with Crippen molar-refractivity contribution in [2.45, 2.75) is 62.8 Å². The van der Waals surface area contributed by atoms with Crippen molar-refractivity contribution in [3.8, 4) is 0 Å². The molecule has 7 heteroatoms. The monoisotopic (exact) mass is 324 g/mol. The third-order valence-electron chi connectivity index (χ3n) is 3.53. The van der Waals surface area contributed by atoms with Crippen molar-refractivity contribution in [2.75, 3.05) is 0 Å². The second-order valence-corrected chi connectivity index (χ2v) is 7.85. The largest absolute Gasteiger partial charge is 0.266 e. The zero-order valence-electron chi connectivity index (χ0n) is 10.9.